The van der Waals surface area contributed by atoms with Crippen LogP contribution >= 0.6 is 0 Å². The third-order valence-electron chi connectivity index (χ3n) is 7.75. The average molecular weight is 503 g/mol. The molecule has 0 spiro atoms. The lowest BCUT2D eigenvalue weighted by Gasteiger charge is -2.50. The van der Waals surface area contributed by atoms with Gasteiger partial charge < -0.3 is 9.47 Å². The number of benzene rings is 4. The smallest absolute Gasteiger partial charge is 0.338 e. The summed E-state index contributed by atoms with van der Waals surface area (Å²) in [6, 6.07) is 32.7. The first-order valence-corrected chi connectivity index (χ1v) is 13.1. The summed E-state index contributed by atoms with van der Waals surface area (Å²) < 4.78 is 12.6. The van der Waals surface area contributed by atoms with E-state index < -0.39 is 24.1 Å². The lowest BCUT2D eigenvalue weighted by molar-refractivity contribution is -0.0559. The zero-order valence-corrected chi connectivity index (χ0v) is 21.8. The van der Waals surface area contributed by atoms with E-state index in [1.54, 1.807) is 24.3 Å². The van der Waals surface area contributed by atoms with Gasteiger partial charge in [0, 0.05) is 0 Å². The first-order chi connectivity index (χ1) is 18.3. The molecule has 0 unspecified atom stereocenters. The van der Waals surface area contributed by atoms with Crippen LogP contribution < -0.4 is 0 Å². The molecule has 190 valence electrons. The van der Waals surface area contributed by atoms with Gasteiger partial charge in [-0.3, -0.25) is 0 Å². The maximum atomic E-state index is 13.4. The van der Waals surface area contributed by atoms with Crippen LogP contribution in [0.25, 0.3) is 0 Å². The molecule has 4 nitrogen and oxygen atoms in total. The van der Waals surface area contributed by atoms with Crippen LogP contribution in [0.1, 0.15) is 81.1 Å². The van der Waals surface area contributed by atoms with Crippen molar-refractivity contribution in [2.45, 2.75) is 50.2 Å². The van der Waals surface area contributed by atoms with Crippen LogP contribution in [0.4, 0.5) is 0 Å². The maximum Gasteiger partial charge on any atom is 0.338 e. The van der Waals surface area contributed by atoms with Crippen LogP contribution in [-0.2, 0) is 14.9 Å². The molecule has 4 heteroatoms. The van der Waals surface area contributed by atoms with Gasteiger partial charge in [0.25, 0.3) is 0 Å². The second-order valence-corrected chi connectivity index (χ2v) is 11.1. The van der Waals surface area contributed by atoms with Crippen LogP contribution in [0.15, 0.2) is 103 Å². The number of hydrogen-bond acceptors (Lipinski definition) is 4. The number of hydrogen-bond donors (Lipinski definition) is 0. The van der Waals surface area contributed by atoms with Crippen LogP contribution in [-0.4, -0.2) is 24.1 Å². The number of carbonyl (C=O) groups excluding carboxylic acids is 2. The summed E-state index contributed by atoms with van der Waals surface area (Å²) in [5.41, 5.74) is 6.60. The zero-order chi connectivity index (χ0) is 26.4. The van der Waals surface area contributed by atoms with E-state index in [1.807, 2.05) is 48.5 Å². The first kappa shape index (κ1) is 24.2. The highest BCUT2D eigenvalue weighted by molar-refractivity contribution is 5.91. The summed E-state index contributed by atoms with van der Waals surface area (Å²) >= 11 is 0. The topological polar surface area (TPSA) is 52.6 Å². The summed E-state index contributed by atoms with van der Waals surface area (Å²) in [7, 11) is 0. The van der Waals surface area contributed by atoms with Crippen molar-refractivity contribution in [3.8, 4) is 0 Å². The minimum absolute atomic E-state index is 0.123. The number of carbonyl (C=O) groups is 2. The number of esters is 2. The van der Waals surface area contributed by atoms with Gasteiger partial charge in [-0.05, 0) is 57.5 Å². The molecule has 0 saturated heterocycles. The molecule has 0 N–H and O–H groups in total. The molecule has 0 aromatic heterocycles. The Morgan fingerprint density at radius 3 is 1.53 bits per heavy atom. The van der Waals surface area contributed by atoms with Crippen molar-refractivity contribution < 1.29 is 19.1 Å². The van der Waals surface area contributed by atoms with Gasteiger partial charge in [-0.25, -0.2) is 9.59 Å². The van der Waals surface area contributed by atoms with Gasteiger partial charge in [-0.15, -0.1) is 0 Å². The Balaban J connectivity index is 1.52. The van der Waals surface area contributed by atoms with Crippen molar-refractivity contribution >= 4 is 11.9 Å². The third-order valence-corrected chi connectivity index (χ3v) is 7.75. The summed E-state index contributed by atoms with van der Waals surface area (Å²) in [5, 5.41) is 0. The molecule has 0 fully saturated rings. The Hall–Kier alpha value is -4.18. The largest absolute Gasteiger partial charge is 0.454 e. The quantitative estimate of drug-likeness (QED) is 0.281. The average Bonchev–Trinajstić information content (AvgIpc) is 2.94. The second kappa shape index (κ2) is 9.29. The lowest BCUT2D eigenvalue weighted by Crippen LogP contribution is -2.52. The van der Waals surface area contributed by atoms with Crippen LogP contribution in [0, 0.1) is 0 Å². The van der Waals surface area contributed by atoms with Gasteiger partial charge in [0.2, 0.25) is 0 Å². The molecule has 38 heavy (non-hydrogen) atoms. The van der Waals surface area contributed by atoms with E-state index in [0.717, 1.165) is 16.7 Å². The maximum absolute atomic E-state index is 13.4. The van der Waals surface area contributed by atoms with E-state index in [2.05, 4.69) is 51.1 Å². The van der Waals surface area contributed by atoms with Crippen molar-refractivity contribution in [2.75, 3.05) is 0 Å². The minimum atomic E-state index is -0.675. The first-order valence-electron chi connectivity index (χ1n) is 13.1. The second-order valence-electron chi connectivity index (χ2n) is 11.1. The zero-order valence-electron chi connectivity index (χ0n) is 21.8. The van der Waals surface area contributed by atoms with Gasteiger partial charge in [0.05, 0.1) is 23.0 Å². The van der Waals surface area contributed by atoms with Gasteiger partial charge in [-0.2, -0.15) is 0 Å². The van der Waals surface area contributed by atoms with E-state index >= 15 is 0 Å². The molecule has 0 saturated carbocycles. The molecule has 0 radical (unpaired) electrons. The Morgan fingerprint density at radius 1 is 0.553 bits per heavy atom. The molecule has 4 aromatic carbocycles. The van der Waals surface area contributed by atoms with E-state index in [9.17, 15) is 9.59 Å². The number of rotatable bonds is 4. The molecular formula is C34H30O4. The van der Waals surface area contributed by atoms with Gasteiger partial charge in [0.1, 0.15) is 0 Å². The molecule has 0 heterocycles. The fraction of sp³-hybridized carbons (Fsp3) is 0.235. The predicted octanol–water partition coefficient (Wildman–Crippen LogP) is 7.03. The lowest BCUT2D eigenvalue weighted by atomic mass is 9.58. The highest BCUT2D eigenvalue weighted by Crippen LogP contribution is 2.57. The van der Waals surface area contributed by atoms with Gasteiger partial charge in [-0.1, -0.05) is 99.6 Å². The Labute approximate surface area is 223 Å². The van der Waals surface area contributed by atoms with E-state index in [4.69, 9.17) is 9.47 Å². The monoisotopic (exact) mass is 502 g/mol. The van der Waals surface area contributed by atoms with E-state index in [1.165, 1.54) is 11.1 Å². The summed E-state index contributed by atoms with van der Waals surface area (Å²) in [6.07, 6.45) is -1.34. The van der Waals surface area contributed by atoms with Crippen LogP contribution in [0.2, 0.25) is 0 Å². The summed E-state index contributed by atoms with van der Waals surface area (Å²) in [6.45, 7) is 6.61. The number of fused-ring (bicyclic) bond motifs is 1. The molecule has 0 aliphatic heterocycles. The van der Waals surface area contributed by atoms with E-state index in [0.29, 0.717) is 11.1 Å². The predicted molar refractivity (Wildman–Crippen MR) is 147 cm³/mol. The number of ether oxygens (including phenoxy) is 2. The fourth-order valence-electron chi connectivity index (χ4n) is 6.13. The van der Waals surface area contributed by atoms with E-state index in [-0.39, 0.29) is 17.3 Å². The Kier molecular flexibility index (Phi) is 5.91. The molecule has 4 aromatic rings. The highest BCUT2D eigenvalue weighted by Gasteiger charge is 2.55. The molecule has 3 aliphatic rings. The SMILES string of the molecule is CC(C)(C)c1cccc2c1[C@H]1c3ccccc3[C@H]2[C@@H](OC(=O)c2ccccc2)[C@H]1OC(=O)c1ccccc1. The van der Waals surface area contributed by atoms with Gasteiger partial charge in [0.15, 0.2) is 12.2 Å². The Morgan fingerprint density at radius 2 is 1.00 bits per heavy atom. The standard InChI is InChI=1S/C34H30O4/c1-34(2,3)26-20-12-19-25-27-23-17-10-11-18-24(23)29(28(25)26)31(38-33(36)22-15-8-5-9-16-22)30(27)37-32(35)21-13-6-4-7-14-21/h4-20,27,29-31H,1-3H3/t27-,29-,30-,31+/m1/s1. The van der Waals surface area contributed by atoms with Crippen molar-refractivity contribution in [2.24, 2.45) is 0 Å². The molecule has 4 atom stereocenters. The van der Waals surface area contributed by atoms with Gasteiger partial charge >= 0.3 is 11.9 Å². The summed E-state index contributed by atoms with van der Waals surface area (Å²) in [5.74, 6) is -1.36. The molecule has 3 aliphatic carbocycles. The molecular weight excluding hydrogens is 472 g/mol. The minimum Gasteiger partial charge on any atom is -0.454 e. The van der Waals surface area contributed by atoms with Crippen LogP contribution in [0.3, 0.4) is 0 Å². The molecule has 7 rings (SSSR count). The normalized spacial score (nSPS) is 21.2. The van der Waals surface area contributed by atoms with Crippen molar-refractivity contribution in [3.63, 3.8) is 0 Å². The van der Waals surface area contributed by atoms with Crippen LogP contribution in [0.5, 0.6) is 0 Å². The Bertz CT molecular complexity index is 1500. The van der Waals surface area contributed by atoms with Crippen molar-refractivity contribution in [1.29, 1.82) is 0 Å². The highest BCUT2D eigenvalue weighted by atomic mass is 16.6. The summed E-state index contributed by atoms with van der Waals surface area (Å²) in [4.78, 5) is 26.8. The van der Waals surface area contributed by atoms with Crippen molar-refractivity contribution in [1.82, 2.24) is 0 Å². The fourth-order valence-corrected chi connectivity index (χ4v) is 6.13. The van der Waals surface area contributed by atoms with Crippen molar-refractivity contribution in [3.05, 3.63) is 142 Å². The molecule has 0 amide bonds. The molecule has 2 bridgehead atoms. The third kappa shape index (κ3) is 4.01.